The van der Waals surface area contributed by atoms with Gasteiger partial charge in [0.1, 0.15) is 23.0 Å². The fourth-order valence-electron chi connectivity index (χ4n) is 13.7. The van der Waals surface area contributed by atoms with Gasteiger partial charge in [-0.3, -0.25) is 0 Å². The van der Waals surface area contributed by atoms with Gasteiger partial charge in [-0.05, 0) is 167 Å². The van der Waals surface area contributed by atoms with E-state index in [1.54, 1.807) is 0 Å². The van der Waals surface area contributed by atoms with Crippen molar-refractivity contribution in [3.8, 4) is 23.0 Å². The van der Waals surface area contributed by atoms with Gasteiger partial charge in [-0.2, -0.15) is 0 Å². The first kappa shape index (κ1) is 60.2. The first-order valence-electron chi connectivity index (χ1n) is 31.7. The van der Waals surface area contributed by atoms with E-state index in [0.717, 1.165) is 99.3 Å². The lowest BCUT2D eigenvalue weighted by molar-refractivity contribution is 0.470. The minimum Gasteiger partial charge on any atom is -0.508 e. The summed E-state index contributed by atoms with van der Waals surface area (Å²) >= 11 is 0. The normalized spacial score (nSPS) is 13.4. The van der Waals surface area contributed by atoms with Crippen molar-refractivity contribution in [2.75, 3.05) is 0 Å². The van der Waals surface area contributed by atoms with E-state index in [9.17, 15) is 20.4 Å². The standard InChI is InChI=1S/C74H100O4/c1-5-9-13-17-21-25-29-37-57-53-61(75)45-49-65(57)73(66-50-46-62(76)54-58(66)38-30-26-22-18-14-10-6-2)69-41-33-35-43-71(69)74(72-44-36-34-42-70(72)73,67-51-47-63(77)55-59(67)39-31-27-23-19-15-11-7-3)68-52-48-64(78)56-60(68)40-32-28-24-20-16-12-8-4/h33-36,41-56,75-78H,5-32,37-40H2,1-4H3. The van der Waals surface area contributed by atoms with Crippen LogP contribution in [0.3, 0.4) is 0 Å². The Hall–Kier alpha value is -5.48. The second-order valence-electron chi connectivity index (χ2n) is 23.4. The largest absolute Gasteiger partial charge is 0.508 e. The van der Waals surface area contributed by atoms with Crippen LogP contribution >= 0.6 is 0 Å². The van der Waals surface area contributed by atoms with E-state index in [0.29, 0.717) is 0 Å². The molecule has 0 bridgehead atoms. The van der Waals surface area contributed by atoms with Crippen molar-refractivity contribution < 1.29 is 20.4 Å². The third kappa shape index (κ3) is 14.7. The number of aryl methyl sites for hydroxylation is 4. The maximum Gasteiger partial charge on any atom is 0.115 e. The molecule has 1 aliphatic carbocycles. The maximum absolute atomic E-state index is 11.6. The van der Waals surface area contributed by atoms with E-state index in [1.165, 1.54) is 173 Å². The Balaban J connectivity index is 1.52. The van der Waals surface area contributed by atoms with Gasteiger partial charge in [-0.1, -0.05) is 255 Å². The molecule has 0 saturated heterocycles. The Labute approximate surface area is 473 Å². The molecule has 78 heavy (non-hydrogen) atoms. The van der Waals surface area contributed by atoms with Gasteiger partial charge >= 0.3 is 0 Å². The molecule has 0 aromatic heterocycles. The summed E-state index contributed by atoms with van der Waals surface area (Å²) in [6.45, 7) is 9.11. The molecule has 0 spiro atoms. The molecular formula is C74H100O4. The second-order valence-corrected chi connectivity index (χ2v) is 23.4. The van der Waals surface area contributed by atoms with Gasteiger partial charge in [0, 0.05) is 0 Å². The number of hydrogen-bond acceptors (Lipinski definition) is 4. The zero-order valence-electron chi connectivity index (χ0n) is 49.0. The highest BCUT2D eigenvalue weighted by Crippen LogP contribution is 2.62. The summed E-state index contributed by atoms with van der Waals surface area (Å²) in [5.74, 6) is 1.13. The Bertz CT molecular complexity index is 2360. The van der Waals surface area contributed by atoms with Crippen LogP contribution in [0.2, 0.25) is 0 Å². The number of unbranched alkanes of at least 4 members (excludes halogenated alkanes) is 24. The van der Waals surface area contributed by atoms with Crippen molar-refractivity contribution in [2.24, 2.45) is 0 Å². The van der Waals surface area contributed by atoms with Crippen LogP contribution in [0, 0.1) is 0 Å². The maximum atomic E-state index is 11.6. The molecule has 0 aliphatic heterocycles. The summed E-state index contributed by atoms with van der Waals surface area (Å²) in [4.78, 5) is 0. The fraction of sp³-hybridized carbons (Fsp3) is 0.514. The summed E-state index contributed by atoms with van der Waals surface area (Å²) in [6.07, 6.45) is 37.0. The van der Waals surface area contributed by atoms with E-state index < -0.39 is 10.8 Å². The van der Waals surface area contributed by atoms with Gasteiger partial charge in [0.25, 0.3) is 0 Å². The predicted octanol–water partition coefficient (Wildman–Crippen LogP) is 20.8. The topological polar surface area (TPSA) is 80.9 Å². The zero-order chi connectivity index (χ0) is 55.0. The van der Waals surface area contributed by atoms with Crippen LogP contribution in [-0.2, 0) is 36.5 Å². The van der Waals surface area contributed by atoms with Gasteiger partial charge in [0.05, 0.1) is 10.8 Å². The molecular weight excluding hydrogens is 953 g/mol. The first-order chi connectivity index (χ1) is 38.2. The Morgan fingerprint density at radius 2 is 0.423 bits per heavy atom. The summed E-state index contributed by atoms with van der Waals surface area (Å²) < 4.78 is 0. The van der Waals surface area contributed by atoms with E-state index >= 15 is 0 Å². The van der Waals surface area contributed by atoms with Crippen molar-refractivity contribution in [1.29, 1.82) is 0 Å². The Kier molecular flexibility index (Phi) is 24.2. The molecule has 6 aromatic rings. The lowest BCUT2D eigenvalue weighted by Crippen LogP contribution is -2.47. The van der Waals surface area contributed by atoms with Gasteiger partial charge < -0.3 is 20.4 Å². The molecule has 1 aliphatic rings. The average Bonchev–Trinajstić information content (AvgIpc) is 3.45. The SMILES string of the molecule is CCCCCCCCCc1cc(O)ccc1C1(c2ccc(O)cc2CCCCCCCCC)c2ccccc2C(c2ccc(O)cc2CCCCCCCCC)(c2ccc(O)cc2CCCCCCCCC)c2ccccc21. The van der Waals surface area contributed by atoms with Crippen molar-refractivity contribution in [2.45, 2.75) is 244 Å². The molecule has 0 radical (unpaired) electrons. The molecule has 0 heterocycles. The lowest BCUT2D eigenvalue weighted by Gasteiger charge is -2.52. The lowest BCUT2D eigenvalue weighted by atomic mass is 9.49. The summed E-state index contributed by atoms with van der Waals surface area (Å²) in [6, 6.07) is 43.3. The number of hydrogen-bond donors (Lipinski definition) is 4. The molecule has 0 amide bonds. The summed E-state index contributed by atoms with van der Waals surface area (Å²) in [5, 5.41) is 46.4. The number of rotatable bonds is 36. The number of phenolic OH excluding ortho intramolecular Hbond substituents is 4. The molecule has 420 valence electrons. The molecule has 0 atom stereocenters. The van der Waals surface area contributed by atoms with Crippen LogP contribution in [0.25, 0.3) is 0 Å². The molecule has 0 saturated carbocycles. The molecule has 6 aromatic carbocycles. The van der Waals surface area contributed by atoms with Crippen LogP contribution < -0.4 is 0 Å². The highest BCUT2D eigenvalue weighted by Gasteiger charge is 2.55. The van der Waals surface area contributed by atoms with Crippen molar-refractivity contribution in [1.82, 2.24) is 0 Å². The molecule has 7 rings (SSSR count). The quantitative estimate of drug-likeness (QED) is 0.0295. The van der Waals surface area contributed by atoms with E-state index in [-0.39, 0.29) is 23.0 Å². The third-order valence-corrected chi connectivity index (χ3v) is 17.6. The van der Waals surface area contributed by atoms with E-state index in [4.69, 9.17) is 0 Å². The minimum absolute atomic E-state index is 0.283. The third-order valence-electron chi connectivity index (χ3n) is 17.6. The molecule has 4 heteroatoms. The number of aromatic hydroxyl groups is 4. The van der Waals surface area contributed by atoms with Crippen LogP contribution in [0.15, 0.2) is 121 Å². The highest BCUT2D eigenvalue weighted by molar-refractivity contribution is 5.78. The van der Waals surface area contributed by atoms with Crippen molar-refractivity contribution in [3.63, 3.8) is 0 Å². The molecule has 0 fully saturated rings. The van der Waals surface area contributed by atoms with Crippen molar-refractivity contribution >= 4 is 0 Å². The zero-order valence-corrected chi connectivity index (χ0v) is 49.0. The number of benzene rings is 6. The smallest absolute Gasteiger partial charge is 0.115 e. The monoisotopic (exact) mass is 1050 g/mol. The average molecular weight is 1050 g/mol. The van der Waals surface area contributed by atoms with Gasteiger partial charge in [0.2, 0.25) is 0 Å². The van der Waals surface area contributed by atoms with Gasteiger partial charge in [-0.25, -0.2) is 0 Å². The van der Waals surface area contributed by atoms with Crippen LogP contribution in [0.1, 0.15) is 274 Å². The molecule has 4 N–H and O–H groups in total. The van der Waals surface area contributed by atoms with Crippen LogP contribution in [-0.4, -0.2) is 20.4 Å². The summed E-state index contributed by atoms with van der Waals surface area (Å²) in [7, 11) is 0. The fourth-order valence-corrected chi connectivity index (χ4v) is 13.7. The van der Waals surface area contributed by atoms with Gasteiger partial charge in [0.15, 0.2) is 0 Å². The Morgan fingerprint density at radius 1 is 0.231 bits per heavy atom. The number of fused-ring (bicyclic) bond motifs is 2. The van der Waals surface area contributed by atoms with E-state index in [1.807, 2.05) is 24.3 Å². The van der Waals surface area contributed by atoms with Crippen LogP contribution in [0.4, 0.5) is 0 Å². The molecule has 0 unspecified atom stereocenters. The summed E-state index contributed by atoms with van der Waals surface area (Å²) in [5.41, 5.74) is 12.3. The Morgan fingerprint density at radius 3 is 0.628 bits per heavy atom. The van der Waals surface area contributed by atoms with Crippen molar-refractivity contribution in [3.05, 3.63) is 188 Å². The van der Waals surface area contributed by atoms with Crippen LogP contribution in [0.5, 0.6) is 23.0 Å². The predicted molar refractivity (Wildman–Crippen MR) is 330 cm³/mol. The van der Waals surface area contributed by atoms with Gasteiger partial charge in [-0.15, -0.1) is 0 Å². The highest BCUT2D eigenvalue weighted by atomic mass is 16.3. The number of phenols is 4. The first-order valence-corrected chi connectivity index (χ1v) is 31.7. The minimum atomic E-state index is -0.865. The second kappa shape index (κ2) is 31.3. The van der Waals surface area contributed by atoms with E-state index in [2.05, 4.69) is 125 Å². The molecule has 4 nitrogen and oxygen atoms in total.